The highest BCUT2D eigenvalue weighted by Gasteiger charge is 2.44. The number of aryl methyl sites for hydroxylation is 1. The van der Waals surface area contributed by atoms with E-state index < -0.39 is 83.9 Å². The van der Waals surface area contributed by atoms with Gasteiger partial charge in [-0.15, -0.1) is 0 Å². The molecule has 3 aromatic rings. The van der Waals surface area contributed by atoms with Crippen molar-refractivity contribution in [2.24, 2.45) is 5.73 Å². The van der Waals surface area contributed by atoms with E-state index >= 15 is 0 Å². The van der Waals surface area contributed by atoms with Gasteiger partial charge in [-0.1, -0.05) is 86.0 Å². The van der Waals surface area contributed by atoms with Crippen LogP contribution in [-0.4, -0.2) is 76.5 Å². The van der Waals surface area contributed by atoms with E-state index in [-0.39, 0.29) is 32.0 Å². The quantitative estimate of drug-likeness (QED) is 0.0406. The molecule has 0 radical (unpaired) electrons. The Morgan fingerprint density at radius 2 is 1.31 bits per heavy atom. The lowest BCUT2D eigenvalue weighted by molar-refractivity contribution is -0.163. The zero-order valence-corrected chi connectivity index (χ0v) is 39.8. The fourth-order valence-electron chi connectivity index (χ4n) is 7.63. The van der Waals surface area contributed by atoms with Crippen molar-refractivity contribution in [3.05, 3.63) is 83.4 Å². The first-order valence-electron chi connectivity index (χ1n) is 22.0. The predicted octanol–water partition coefficient (Wildman–Crippen LogP) is 6.46. The van der Waals surface area contributed by atoms with Crippen LogP contribution in [0, 0.1) is 0 Å². The summed E-state index contributed by atoms with van der Waals surface area (Å²) in [6, 6.07) is 18.2. The number of hydrogen-bond donors (Lipinski definition) is 5. The van der Waals surface area contributed by atoms with Crippen LogP contribution in [0.4, 0.5) is 0 Å². The third-order valence-corrected chi connectivity index (χ3v) is 12.6. The first-order valence-corrected chi connectivity index (χ1v) is 23.8. The Balaban J connectivity index is 1.53. The number of fused-ring (bicyclic) bond motifs is 1. The van der Waals surface area contributed by atoms with Crippen LogP contribution in [0.1, 0.15) is 124 Å². The molecule has 1 aliphatic carbocycles. The molecule has 3 aromatic carbocycles. The molecule has 1 saturated carbocycles. The topological polar surface area (TPSA) is 221 Å². The molecular formula is C48H68N5O10P. The Kier molecular flexibility index (Phi) is 17.5. The molecule has 0 spiro atoms. The van der Waals surface area contributed by atoms with Gasteiger partial charge in [-0.3, -0.25) is 28.5 Å². The minimum absolute atomic E-state index is 0.0291. The Bertz CT molecular complexity index is 2160. The maximum atomic E-state index is 14.4. The van der Waals surface area contributed by atoms with Gasteiger partial charge < -0.3 is 40.8 Å². The normalized spacial score (nSPS) is 15.3. The molecule has 64 heavy (non-hydrogen) atoms. The van der Waals surface area contributed by atoms with Crippen molar-refractivity contribution in [2.75, 3.05) is 6.54 Å². The van der Waals surface area contributed by atoms with Crippen LogP contribution in [0.15, 0.2) is 66.7 Å². The summed E-state index contributed by atoms with van der Waals surface area (Å²) in [6.07, 6.45) is 2.97. The lowest BCUT2D eigenvalue weighted by Gasteiger charge is -2.38. The largest absolute Gasteiger partial charge is 0.453 e. The molecule has 5 amide bonds. The average molecular weight is 906 g/mol. The van der Waals surface area contributed by atoms with Crippen molar-refractivity contribution in [3.63, 3.8) is 0 Å². The van der Waals surface area contributed by atoms with E-state index in [0.717, 1.165) is 22.8 Å². The number of hydrogen-bond acceptors (Lipinski definition) is 10. The lowest BCUT2D eigenvalue weighted by Crippen LogP contribution is -2.65. The summed E-state index contributed by atoms with van der Waals surface area (Å²) >= 11 is 0. The van der Waals surface area contributed by atoms with Gasteiger partial charge in [-0.25, -0.2) is 4.79 Å². The molecule has 0 bridgehead atoms. The molecule has 16 heteroatoms. The minimum atomic E-state index is -3.64. The summed E-state index contributed by atoms with van der Waals surface area (Å²) in [4.78, 5) is 80.5. The highest BCUT2D eigenvalue weighted by atomic mass is 31.2. The first kappa shape index (κ1) is 51.5. The number of carbonyl (C=O) groups is 6. The van der Waals surface area contributed by atoms with Crippen LogP contribution >= 0.6 is 7.60 Å². The lowest BCUT2D eigenvalue weighted by atomic mass is 9.80. The average Bonchev–Trinajstić information content (AvgIpc) is 3.17. The third kappa shape index (κ3) is 16.5. The van der Waals surface area contributed by atoms with E-state index in [1.54, 1.807) is 86.6 Å². The molecule has 0 saturated heterocycles. The number of amides is 5. The van der Waals surface area contributed by atoms with Crippen LogP contribution < -0.4 is 27.0 Å². The van der Waals surface area contributed by atoms with Crippen molar-refractivity contribution in [1.29, 1.82) is 0 Å². The van der Waals surface area contributed by atoms with E-state index in [0.29, 0.717) is 36.8 Å². The summed E-state index contributed by atoms with van der Waals surface area (Å²) in [5, 5.41) is 13.1. The van der Waals surface area contributed by atoms with Gasteiger partial charge in [0.15, 0.2) is 0 Å². The van der Waals surface area contributed by atoms with Gasteiger partial charge in [0.25, 0.3) is 0 Å². The predicted molar refractivity (Wildman–Crippen MR) is 246 cm³/mol. The molecular weight excluding hydrogens is 838 g/mol. The first-order chi connectivity index (χ1) is 29.8. The molecule has 0 aromatic heterocycles. The Hall–Kier alpha value is -5.11. The van der Waals surface area contributed by atoms with E-state index in [4.69, 9.17) is 19.5 Å². The number of primary amides is 1. The molecule has 15 nitrogen and oxygen atoms in total. The molecule has 0 unspecified atom stereocenters. The van der Waals surface area contributed by atoms with Crippen molar-refractivity contribution in [2.45, 2.75) is 161 Å². The highest BCUT2D eigenvalue weighted by Crippen LogP contribution is 2.57. The maximum absolute atomic E-state index is 14.4. The second kappa shape index (κ2) is 21.7. The number of nitrogens with two attached hydrogens (primary N) is 1. The van der Waals surface area contributed by atoms with Crippen LogP contribution in [0.5, 0.6) is 0 Å². The van der Waals surface area contributed by atoms with Crippen LogP contribution in [0.2, 0.25) is 0 Å². The summed E-state index contributed by atoms with van der Waals surface area (Å²) in [6.45, 7) is 15.8. The molecule has 0 heterocycles. The molecule has 2 atom stereocenters. The van der Waals surface area contributed by atoms with Gasteiger partial charge in [0.1, 0.15) is 23.2 Å². The number of nitrogens with one attached hydrogen (secondary N) is 4. The van der Waals surface area contributed by atoms with Gasteiger partial charge >= 0.3 is 19.5 Å². The van der Waals surface area contributed by atoms with Crippen LogP contribution in [0.25, 0.3) is 10.8 Å². The van der Waals surface area contributed by atoms with E-state index in [2.05, 4.69) is 21.3 Å². The second-order valence-corrected chi connectivity index (χ2v) is 21.5. The highest BCUT2D eigenvalue weighted by molar-refractivity contribution is 7.53. The van der Waals surface area contributed by atoms with E-state index in [1.165, 1.54) is 0 Å². The van der Waals surface area contributed by atoms with Gasteiger partial charge in [0.2, 0.25) is 23.6 Å². The molecule has 6 N–H and O–H groups in total. The standard InChI is InChI=1S/C48H68N5O10P/c1-45(2,3)61-43(58)42(57)51-37(29-32-22-24-33(25-23-32)31-64(60,62-46(4,5)6)63-47(7,8)9)41(56)53-48(26-13-10-14-27-48)44(59)52-38(30-39(49)54)40(55)50-28-16-20-35-19-15-18-34-17-11-12-21-36(34)35/h11-12,15,17-19,21-25,37-38H,10,13-14,16,20,26-31H2,1-9H3,(H2,49,54)(H,50,55)(H,51,57)(H,52,59)(H,53,56)/t37-,38-/m0/s1. The minimum Gasteiger partial charge on any atom is -0.453 e. The number of rotatable bonds is 18. The van der Waals surface area contributed by atoms with Gasteiger partial charge in [0.05, 0.1) is 23.8 Å². The van der Waals surface area contributed by atoms with Crippen molar-refractivity contribution in [3.8, 4) is 0 Å². The molecule has 1 aliphatic rings. The summed E-state index contributed by atoms with van der Waals surface area (Å²) < 4.78 is 31.1. The fourth-order valence-corrected chi connectivity index (χ4v) is 10.1. The molecule has 350 valence electrons. The zero-order valence-electron chi connectivity index (χ0n) is 38.9. The summed E-state index contributed by atoms with van der Waals surface area (Å²) in [5.41, 5.74) is 3.84. The number of carbonyl (C=O) groups excluding carboxylic acids is 6. The monoisotopic (exact) mass is 905 g/mol. The molecule has 4 rings (SSSR count). The second-order valence-electron chi connectivity index (χ2n) is 19.6. The Morgan fingerprint density at radius 3 is 1.91 bits per heavy atom. The Morgan fingerprint density at radius 1 is 0.719 bits per heavy atom. The number of ether oxygens (including phenoxy) is 1. The van der Waals surface area contributed by atoms with Crippen LogP contribution in [0.3, 0.4) is 0 Å². The van der Waals surface area contributed by atoms with Gasteiger partial charge in [-0.05, 0) is 115 Å². The maximum Gasteiger partial charge on any atom is 0.397 e. The van der Waals surface area contributed by atoms with Crippen molar-refractivity contribution in [1.82, 2.24) is 21.3 Å². The summed E-state index contributed by atoms with van der Waals surface area (Å²) in [5.74, 6) is -5.20. The third-order valence-electron chi connectivity index (χ3n) is 10.2. The van der Waals surface area contributed by atoms with Crippen molar-refractivity contribution >= 4 is 53.9 Å². The van der Waals surface area contributed by atoms with Crippen molar-refractivity contribution < 1.29 is 47.1 Å². The Labute approximate surface area is 377 Å². The van der Waals surface area contributed by atoms with Gasteiger partial charge in [0, 0.05) is 13.0 Å². The summed E-state index contributed by atoms with van der Waals surface area (Å²) in [7, 11) is -3.64. The number of esters is 1. The van der Waals surface area contributed by atoms with E-state index in [9.17, 15) is 33.3 Å². The number of benzene rings is 3. The zero-order chi connectivity index (χ0) is 47.5. The molecule has 0 aliphatic heterocycles. The van der Waals surface area contributed by atoms with Crippen LogP contribution in [-0.2, 0) is 66.1 Å². The SMILES string of the molecule is CC(C)(C)OC(=O)C(=O)N[C@@H](Cc1ccc(CP(=O)(OC(C)(C)C)OC(C)(C)C)cc1)C(=O)NC1(C(=O)N[C@@H](CC(N)=O)C(=O)NCCCc2cccc3ccccc23)CCCCC1. The smallest absolute Gasteiger partial charge is 0.397 e. The molecule has 1 fully saturated rings. The fraction of sp³-hybridized carbons (Fsp3) is 0.542. The van der Waals surface area contributed by atoms with Gasteiger partial charge in [-0.2, -0.15) is 0 Å². The van der Waals surface area contributed by atoms with E-state index in [1.807, 2.05) is 42.5 Å².